The molecule has 2 rings (SSSR count). The number of hydrogen-bond donors (Lipinski definition) is 0. The molecular formula is C16H26ClN5O3S. The van der Waals surface area contributed by atoms with Crippen LogP contribution < -0.4 is 4.90 Å². The molecule has 1 aliphatic rings. The van der Waals surface area contributed by atoms with E-state index >= 15 is 0 Å². The minimum Gasteiger partial charge on any atom is -0.363 e. The van der Waals surface area contributed by atoms with Gasteiger partial charge in [0.15, 0.2) is 0 Å². The molecule has 1 unspecified atom stereocenters. The van der Waals surface area contributed by atoms with Crippen molar-refractivity contribution >= 4 is 33.3 Å². The third-order valence-electron chi connectivity index (χ3n) is 4.36. The Morgan fingerprint density at radius 2 is 2.04 bits per heavy atom. The predicted molar refractivity (Wildman–Crippen MR) is 102 cm³/mol. The number of halogens is 1. The standard InChI is InChI=1S/C16H26ClN5O3S/c1-20(2)15-9-14(18-12-19-15)8-13-10-21(16(23)4-5-17)6-7-22(11-13)26(3,24)25/h9,12-13H,4-8,10-11H2,1-3H3. The van der Waals surface area contributed by atoms with Crippen molar-refractivity contribution < 1.29 is 13.2 Å². The maximum atomic E-state index is 12.3. The fourth-order valence-corrected chi connectivity index (χ4v) is 4.06. The molecule has 0 N–H and O–H groups in total. The van der Waals surface area contributed by atoms with Crippen LogP contribution in [0.25, 0.3) is 0 Å². The number of carbonyl (C=O) groups excluding carboxylic acids is 1. The zero-order valence-corrected chi connectivity index (χ0v) is 17.0. The number of aromatic nitrogens is 2. The van der Waals surface area contributed by atoms with Crippen LogP contribution in [0.15, 0.2) is 12.4 Å². The van der Waals surface area contributed by atoms with Gasteiger partial charge in [-0.1, -0.05) is 0 Å². The maximum absolute atomic E-state index is 12.3. The van der Waals surface area contributed by atoms with Crippen molar-refractivity contribution in [3.05, 3.63) is 18.1 Å². The van der Waals surface area contributed by atoms with Crippen LogP contribution in [-0.4, -0.2) is 85.9 Å². The number of nitrogens with zero attached hydrogens (tertiary/aromatic N) is 5. The van der Waals surface area contributed by atoms with Crippen molar-refractivity contribution in [3.63, 3.8) is 0 Å². The first-order valence-electron chi connectivity index (χ1n) is 8.47. The molecule has 0 bridgehead atoms. The summed E-state index contributed by atoms with van der Waals surface area (Å²) in [5.74, 6) is 0.959. The van der Waals surface area contributed by atoms with Gasteiger partial charge < -0.3 is 9.80 Å². The third-order valence-corrected chi connectivity index (χ3v) is 5.81. The Labute approximate surface area is 160 Å². The average molecular weight is 404 g/mol. The summed E-state index contributed by atoms with van der Waals surface area (Å²) in [5.41, 5.74) is 0.828. The predicted octanol–water partition coefficient (Wildman–Crippen LogP) is 0.434. The highest BCUT2D eigenvalue weighted by molar-refractivity contribution is 7.88. The van der Waals surface area contributed by atoms with E-state index in [1.54, 1.807) is 4.90 Å². The Hall–Kier alpha value is -1.45. The molecular weight excluding hydrogens is 378 g/mol. The van der Waals surface area contributed by atoms with E-state index in [1.807, 2.05) is 25.1 Å². The second-order valence-electron chi connectivity index (χ2n) is 6.73. The molecule has 8 nitrogen and oxygen atoms in total. The Morgan fingerprint density at radius 3 is 2.65 bits per heavy atom. The third kappa shape index (κ3) is 5.78. The molecule has 1 fully saturated rings. The largest absolute Gasteiger partial charge is 0.363 e. The molecule has 1 aliphatic heterocycles. The van der Waals surface area contributed by atoms with Crippen LogP contribution in [0.5, 0.6) is 0 Å². The average Bonchev–Trinajstić information content (AvgIpc) is 2.78. The first-order chi connectivity index (χ1) is 12.2. The number of amides is 1. The molecule has 10 heteroatoms. The molecule has 0 spiro atoms. The van der Waals surface area contributed by atoms with Gasteiger partial charge in [0.1, 0.15) is 12.1 Å². The van der Waals surface area contributed by atoms with Crippen LogP contribution in [0.4, 0.5) is 5.82 Å². The minimum absolute atomic E-state index is 0.0444. The fourth-order valence-electron chi connectivity index (χ4n) is 3.01. The topological polar surface area (TPSA) is 86.7 Å². The molecule has 1 saturated heterocycles. The highest BCUT2D eigenvalue weighted by atomic mass is 35.5. The van der Waals surface area contributed by atoms with Gasteiger partial charge in [-0.3, -0.25) is 4.79 Å². The molecule has 1 atom stereocenters. The van der Waals surface area contributed by atoms with Crippen LogP contribution in [0, 0.1) is 5.92 Å². The summed E-state index contributed by atoms with van der Waals surface area (Å²) in [6.45, 7) is 1.54. The Bertz CT molecular complexity index is 728. The molecule has 146 valence electrons. The second-order valence-corrected chi connectivity index (χ2v) is 9.09. The molecule has 0 radical (unpaired) electrons. The molecule has 0 aliphatic carbocycles. The number of hydrogen-bond acceptors (Lipinski definition) is 6. The summed E-state index contributed by atoms with van der Waals surface area (Å²) < 4.78 is 25.5. The smallest absolute Gasteiger partial charge is 0.223 e. The van der Waals surface area contributed by atoms with E-state index in [0.29, 0.717) is 32.6 Å². The number of sulfonamides is 1. The highest BCUT2D eigenvalue weighted by Crippen LogP contribution is 2.18. The van der Waals surface area contributed by atoms with Crippen LogP contribution >= 0.6 is 11.6 Å². The van der Waals surface area contributed by atoms with Gasteiger partial charge >= 0.3 is 0 Å². The van der Waals surface area contributed by atoms with E-state index in [0.717, 1.165) is 11.5 Å². The van der Waals surface area contributed by atoms with E-state index in [2.05, 4.69) is 9.97 Å². The van der Waals surface area contributed by atoms with Crippen molar-refractivity contribution in [2.75, 3.05) is 57.3 Å². The second kappa shape index (κ2) is 8.96. The maximum Gasteiger partial charge on any atom is 0.223 e. The summed E-state index contributed by atoms with van der Waals surface area (Å²) in [5, 5.41) is 0. The van der Waals surface area contributed by atoms with Gasteiger partial charge in [-0.15, -0.1) is 11.6 Å². The lowest BCUT2D eigenvalue weighted by atomic mass is 10.0. The van der Waals surface area contributed by atoms with Crippen LogP contribution in [0.1, 0.15) is 12.1 Å². The minimum atomic E-state index is -3.33. The van der Waals surface area contributed by atoms with Crippen LogP contribution in [-0.2, 0) is 21.2 Å². The molecule has 1 amide bonds. The molecule has 1 aromatic heterocycles. The molecule has 0 aromatic carbocycles. The number of rotatable bonds is 6. The number of anilines is 1. The van der Waals surface area contributed by atoms with Gasteiger partial charge in [0.2, 0.25) is 15.9 Å². The molecule has 1 aromatic rings. The fraction of sp³-hybridized carbons (Fsp3) is 0.688. The van der Waals surface area contributed by atoms with Gasteiger partial charge in [-0.2, -0.15) is 0 Å². The van der Waals surface area contributed by atoms with Crippen molar-refractivity contribution in [2.24, 2.45) is 5.92 Å². The molecule has 2 heterocycles. The lowest BCUT2D eigenvalue weighted by molar-refractivity contribution is -0.131. The summed E-state index contributed by atoms with van der Waals surface area (Å²) in [7, 11) is 0.468. The summed E-state index contributed by atoms with van der Waals surface area (Å²) in [6.07, 6.45) is 3.53. The summed E-state index contributed by atoms with van der Waals surface area (Å²) in [4.78, 5) is 24.4. The van der Waals surface area contributed by atoms with Gasteiger partial charge in [-0.05, 0) is 12.3 Å². The Balaban J connectivity index is 2.21. The summed E-state index contributed by atoms with van der Waals surface area (Å²) in [6, 6.07) is 1.89. The molecule has 26 heavy (non-hydrogen) atoms. The van der Waals surface area contributed by atoms with E-state index < -0.39 is 10.0 Å². The Kier molecular flexibility index (Phi) is 7.19. The van der Waals surface area contributed by atoms with E-state index in [-0.39, 0.29) is 24.1 Å². The molecule has 0 saturated carbocycles. The van der Waals surface area contributed by atoms with Gasteiger partial charge in [0.05, 0.1) is 6.26 Å². The van der Waals surface area contributed by atoms with Crippen molar-refractivity contribution in [1.82, 2.24) is 19.2 Å². The zero-order chi connectivity index (χ0) is 19.3. The monoisotopic (exact) mass is 403 g/mol. The van der Waals surface area contributed by atoms with E-state index in [1.165, 1.54) is 16.9 Å². The van der Waals surface area contributed by atoms with E-state index in [4.69, 9.17) is 11.6 Å². The number of alkyl halides is 1. The first-order valence-corrected chi connectivity index (χ1v) is 10.9. The first kappa shape index (κ1) is 20.9. The van der Waals surface area contributed by atoms with Crippen LogP contribution in [0.2, 0.25) is 0 Å². The normalized spacial score (nSPS) is 19.2. The Morgan fingerprint density at radius 1 is 1.31 bits per heavy atom. The van der Waals surface area contributed by atoms with Gasteiger partial charge in [0.25, 0.3) is 0 Å². The quantitative estimate of drug-likeness (QED) is 0.640. The lowest BCUT2D eigenvalue weighted by Crippen LogP contribution is -2.37. The van der Waals surface area contributed by atoms with Gasteiger partial charge in [-0.25, -0.2) is 22.7 Å². The SMILES string of the molecule is CN(C)c1cc(CC2CN(C(=O)CCCl)CCN(S(C)(=O)=O)C2)ncn1. The van der Waals surface area contributed by atoms with Gasteiger partial charge in [0, 0.05) is 64.3 Å². The van der Waals surface area contributed by atoms with Crippen molar-refractivity contribution in [3.8, 4) is 0 Å². The zero-order valence-electron chi connectivity index (χ0n) is 15.4. The van der Waals surface area contributed by atoms with Crippen molar-refractivity contribution in [2.45, 2.75) is 12.8 Å². The van der Waals surface area contributed by atoms with Crippen molar-refractivity contribution in [1.29, 1.82) is 0 Å². The lowest BCUT2D eigenvalue weighted by Gasteiger charge is -2.24. The van der Waals surface area contributed by atoms with Crippen LogP contribution in [0.3, 0.4) is 0 Å². The highest BCUT2D eigenvalue weighted by Gasteiger charge is 2.29. The summed E-state index contributed by atoms with van der Waals surface area (Å²) >= 11 is 5.70. The van der Waals surface area contributed by atoms with E-state index in [9.17, 15) is 13.2 Å². The number of carbonyl (C=O) groups is 1.